The molecule has 1 aromatic rings. The molecule has 0 fully saturated rings. The lowest BCUT2D eigenvalue weighted by atomic mass is 9.96. The summed E-state index contributed by atoms with van der Waals surface area (Å²) in [5, 5.41) is 0. The Bertz CT molecular complexity index is 326. The van der Waals surface area contributed by atoms with Gasteiger partial charge in [-0.15, -0.1) is 0 Å². The van der Waals surface area contributed by atoms with Crippen LogP contribution < -0.4 is 4.74 Å². The Kier molecular flexibility index (Phi) is 4.85. The first-order valence-electron chi connectivity index (χ1n) is 6.29. The third-order valence-electron chi connectivity index (χ3n) is 2.61. The van der Waals surface area contributed by atoms with Crippen molar-refractivity contribution in [2.24, 2.45) is 5.92 Å². The summed E-state index contributed by atoms with van der Waals surface area (Å²) in [6, 6.07) is 6.65. The molecule has 1 heteroatoms. The van der Waals surface area contributed by atoms with Gasteiger partial charge in [0.15, 0.2) is 0 Å². The van der Waals surface area contributed by atoms with Crippen LogP contribution in [0.15, 0.2) is 18.2 Å². The predicted molar refractivity (Wildman–Crippen MR) is 70.2 cm³/mol. The summed E-state index contributed by atoms with van der Waals surface area (Å²) in [5.41, 5.74) is 2.77. The van der Waals surface area contributed by atoms with Gasteiger partial charge < -0.3 is 4.74 Å². The Morgan fingerprint density at radius 2 is 1.75 bits per heavy atom. The minimum Gasteiger partial charge on any atom is -0.494 e. The quantitative estimate of drug-likeness (QED) is 0.714. The van der Waals surface area contributed by atoms with Gasteiger partial charge in [-0.2, -0.15) is 0 Å². The van der Waals surface area contributed by atoms with Crippen molar-refractivity contribution in [3.8, 4) is 5.75 Å². The standard InChI is InChI=1S/C15H24O/c1-6-16-15-9-13(7-11(2)3)8-14(10-15)12(4)5/h8-12H,6-7H2,1-5H3. The topological polar surface area (TPSA) is 9.23 Å². The Hall–Kier alpha value is -0.980. The molecule has 0 aromatic heterocycles. The van der Waals surface area contributed by atoms with Gasteiger partial charge in [0.25, 0.3) is 0 Å². The zero-order valence-corrected chi connectivity index (χ0v) is 11.2. The van der Waals surface area contributed by atoms with Crippen molar-refractivity contribution in [2.45, 2.75) is 47.0 Å². The average molecular weight is 220 g/mol. The smallest absolute Gasteiger partial charge is 0.119 e. The molecule has 1 nitrogen and oxygen atoms in total. The van der Waals surface area contributed by atoms with Gasteiger partial charge in [0.2, 0.25) is 0 Å². The monoisotopic (exact) mass is 220 g/mol. The molecule has 90 valence electrons. The number of ether oxygens (including phenoxy) is 1. The minimum atomic E-state index is 0.561. The van der Waals surface area contributed by atoms with E-state index in [4.69, 9.17) is 4.74 Å². The molecule has 0 aliphatic carbocycles. The molecule has 1 rings (SSSR count). The SMILES string of the molecule is CCOc1cc(CC(C)C)cc(C(C)C)c1. The molecule has 1 aromatic carbocycles. The molecule has 0 aliphatic rings. The normalized spacial score (nSPS) is 11.2. The molecule has 0 amide bonds. The van der Waals surface area contributed by atoms with Gasteiger partial charge in [-0.1, -0.05) is 33.8 Å². The number of hydrogen-bond acceptors (Lipinski definition) is 1. The third-order valence-corrected chi connectivity index (χ3v) is 2.61. The molecule has 0 spiro atoms. The summed E-state index contributed by atoms with van der Waals surface area (Å²) in [6.45, 7) is 11.7. The molecule has 0 radical (unpaired) electrons. The van der Waals surface area contributed by atoms with E-state index in [1.165, 1.54) is 11.1 Å². The van der Waals surface area contributed by atoms with Gasteiger partial charge in [-0.25, -0.2) is 0 Å². The third kappa shape index (κ3) is 3.88. The van der Waals surface area contributed by atoms with E-state index >= 15 is 0 Å². The highest BCUT2D eigenvalue weighted by atomic mass is 16.5. The largest absolute Gasteiger partial charge is 0.494 e. The second-order valence-electron chi connectivity index (χ2n) is 5.10. The van der Waals surface area contributed by atoms with E-state index in [1.807, 2.05) is 6.92 Å². The molecule has 16 heavy (non-hydrogen) atoms. The van der Waals surface area contributed by atoms with E-state index in [9.17, 15) is 0 Å². The molecule has 0 saturated heterocycles. The predicted octanol–water partition coefficient (Wildman–Crippen LogP) is 4.41. The highest BCUT2D eigenvalue weighted by Gasteiger charge is 2.06. The van der Waals surface area contributed by atoms with Crippen LogP contribution in [-0.2, 0) is 6.42 Å². The van der Waals surface area contributed by atoms with Crippen molar-refractivity contribution in [2.75, 3.05) is 6.61 Å². The van der Waals surface area contributed by atoms with Crippen LogP contribution in [0.2, 0.25) is 0 Å². The van der Waals surface area contributed by atoms with E-state index in [0.717, 1.165) is 18.8 Å². The maximum Gasteiger partial charge on any atom is 0.119 e. The van der Waals surface area contributed by atoms with Crippen LogP contribution in [0.1, 0.15) is 51.7 Å². The van der Waals surface area contributed by atoms with E-state index in [2.05, 4.69) is 45.9 Å². The van der Waals surface area contributed by atoms with Crippen molar-refractivity contribution >= 4 is 0 Å². The Morgan fingerprint density at radius 3 is 2.25 bits per heavy atom. The Labute approximate surface area is 99.8 Å². The van der Waals surface area contributed by atoms with Gasteiger partial charge >= 0.3 is 0 Å². The summed E-state index contributed by atoms with van der Waals surface area (Å²) in [4.78, 5) is 0. The minimum absolute atomic E-state index is 0.561. The average Bonchev–Trinajstić information content (AvgIpc) is 2.16. The van der Waals surface area contributed by atoms with Crippen LogP contribution in [0.5, 0.6) is 5.75 Å². The van der Waals surface area contributed by atoms with E-state index in [-0.39, 0.29) is 0 Å². The first kappa shape index (κ1) is 13.1. The molecule has 0 aliphatic heterocycles. The fourth-order valence-electron chi connectivity index (χ4n) is 1.86. The van der Waals surface area contributed by atoms with Gasteiger partial charge in [-0.3, -0.25) is 0 Å². The van der Waals surface area contributed by atoms with Crippen LogP contribution in [-0.4, -0.2) is 6.61 Å². The lowest BCUT2D eigenvalue weighted by molar-refractivity contribution is 0.339. The second-order valence-corrected chi connectivity index (χ2v) is 5.10. The van der Waals surface area contributed by atoms with E-state index in [1.54, 1.807) is 0 Å². The molecule has 0 N–H and O–H groups in total. The van der Waals surface area contributed by atoms with Gasteiger partial charge in [0.05, 0.1) is 6.61 Å². The molecule has 0 heterocycles. The highest BCUT2D eigenvalue weighted by Crippen LogP contribution is 2.24. The van der Waals surface area contributed by atoms with E-state index < -0.39 is 0 Å². The summed E-state index contributed by atoms with van der Waals surface area (Å²) in [5.74, 6) is 2.27. The zero-order chi connectivity index (χ0) is 12.1. The molecule has 0 bridgehead atoms. The molecular formula is C15H24O. The highest BCUT2D eigenvalue weighted by molar-refractivity contribution is 5.36. The molecule has 0 atom stereocenters. The van der Waals surface area contributed by atoms with Crippen molar-refractivity contribution in [3.63, 3.8) is 0 Å². The van der Waals surface area contributed by atoms with Gasteiger partial charge in [-0.05, 0) is 48.4 Å². The van der Waals surface area contributed by atoms with Crippen LogP contribution in [0.25, 0.3) is 0 Å². The Balaban J connectivity index is 2.98. The lowest BCUT2D eigenvalue weighted by Gasteiger charge is -2.13. The maximum absolute atomic E-state index is 5.62. The fourth-order valence-corrected chi connectivity index (χ4v) is 1.86. The maximum atomic E-state index is 5.62. The molecule has 0 unspecified atom stereocenters. The van der Waals surface area contributed by atoms with Crippen LogP contribution in [0, 0.1) is 5.92 Å². The van der Waals surface area contributed by atoms with Crippen molar-refractivity contribution in [1.29, 1.82) is 0 Å². The summed E-state index contributed by atoms with van der Waals surface area (Å²) < 4.78 is 5.62. The second kappa shape index (κ2) is 5.93. The van der Waals surface area contributed by atoms with Crippen molar-refractivity contribution in [3.05, 3.63) is 29.3 Å². The zero-order valence-electron chi connectivity index (χ0n) is 11.2. The number of benzene rings is 1. The lowest BCUT2D eigenvalue weighted by Crippen LogP contribution is -1.99. The summed E-state index contributed by atoms with van der Waals surface area (Å²) >= 11 is 0. The van der Waals surface area contributed by atoms with Crippen LogP contribution >= 0.6 is 0 Å². The Morgan fingerprint density at radius 1 is 1.06 bits per heavy atom. The summed E-state index contributed by atoms with van der Waals surface area (Å²) in [6.07, 6.45) is 1.13. The first-order chi connectivity index (χ1) is 7.52. The molecule has 0 saturated carbocycles. The van der Waals surface area contributed by atoms with Crippen molar-refractivity contribution in [1.82, 2.24) is 0 Å². The van der Waals surface area contributed by atoms with Crippen molar-refractivity contribution < 1.29 is 4.74 Å². The number of rotatable bonds is 5. The number of hydrogen-bond donors (Lipinski definition) is 0. The summed E-state index contributed by atoms with van der Waals surface area (Å²) in [7, 11) is 0. The molecular weight excluding hydrogens is 196 g/mol. The fraction of sp³-hybridized carbons (Fsp3) is 0.600. The van der Waals surface area contributed by atoms with Gasteiger partial charge in [0.1, 0.15) is 5.75 Å². The van der Waals surface area contributed by atoms with Crippen LogP contribution in [0.4, 0.5) is 0 Å². The first-order valence-corrected chi connectivity index (χ1v) is 6.29. The van der Waals surface area contributed by atoms with E-state index in [0.29, 0.717) is 11.8 Å². The van der Waals surface area contributed by atoms with Gasteiger partial charge in [0, 0.05) is 0 Å². The van der Waals surface area contributed by atoms with Crippen LogP contribution in [0.3, 0.4) is 0 Å².